The minimum absolute atomic E-state index is 0.00183. The van der Waals surface area contributed by atoms with Crippen LogP contribution >= 0.6 is 0 Å². The van der Waals surface area contributed by atoms with Crippen molar-refractivity contribution < 1.29 is 9.53 Å². The molecule has 5 heteroatoms. The van der Waals surface area contributed by atoms with Crippen molar-refractivity contribution in [3.63, 3.8) is 0 Å². The van der Waals surface area contributed by atoms with Gasteiger partial charge in [0.1, 0.15) is 12.4 Å². The van der Waals surface area contributed by atoms with Crippen LogP contribution in [-0.2, 0) is 11.3 Å². The van der Waals surface area contributed by atoms with Crippen molar-refractivity contribution in [3.8, 4) is 0 Å². The number of carbonyl (C=O) groups excluding carboxylic acids is 1. The molecule has 1 aliphatic rings. The van der Waals surface area contributed by atoms with Crippen LogP contribution in [0.1, 0.15) is 36.0 Å². The summed E-state index contributed by atoms with van der Waals surface area (Å²) in [4.78, 5) is 21.6. The minimum atomic E-state index is -0.268. The number of nitrogens with one attached hydrogen (secondary N) is 1. The standard InChI is InChI=1S/C16H19N3O2/c1-12-10-17-15(18-12)14-8-5-9-19(14)16(20)21-11-13-6-3-2-4-7-13/h2-4,6-7,10,14H,5,8-9,11H2,1H3,(H,17,18). The number of H-pyrrole nitrogens is 1. The number of likely N-dealkylation sites (tertiary alicyclic amines) is 1. The van der Waals surface area contributed by atoms with Gasteiger partial charge in [-0.15, -0.1) is 0 Å². The quantitative estimate of drug-likeness (QED) is 0.942. The molecule has 0 bridgehead atoms. The fourth-order valence-electron chi connectivity index (χ4n) is 2.68. The SMILES string of the molecule is Cc1c[nH]c(C2CCCN2C(=O)OCc2ccccc2)n1. The summed E-state index contributed by atoms with van der Waals surface area (Å²) in [7, 11) is 0. The van der Waals surface area contributed by atoms with E-state index in [4.69, 9.17) is 4.74 Å². The van der Waals surface area contributed by atoms with Gasteiger partial charge in [0.15, 0.2) is 0 Å². The van der Waals surface area contributed by atoms with Gasteiger partial charge in [0.05, 0.1) is 11.7 Å². The highest BCUT2D eigenvalue weighted by Crippen LogP contribution is 2.30. The van der Waals surface area contributed by atoms with Crippen molar-refractivity contribution in [1.29, 1.82) is 0 Å². The Hall–Kier alpha value is -2.30. The average molecular weight is 285 g/mol. The zero-order valence-electron chi connectivity index (χ0n) is 12.1. The van der Waals surface area contributed by atoms with Crippen LogP contribution in [0.4, 0.5) is 4.79 Å². The maximum atomic E-state index is 12.3. The number of imidazole rings is 1. The van der Waals surface area contributed by atoms with Crippen LogP contribution in [0.15, 0.2) is 36.5 Å². The molecule has 5 nitrogen and oxygen atoms in total. The molecule has 1 N–H and O–H groups in total. The molecule has 21 heavy (non-hydrogen) atoms. The molecule has 0 saturated carbocycles. The normalized spacial score (nSPS) is 18.0. The van der Waals surface area contributed by atoms with Gasteiger partial charge in [-0.1, -0.05) is 30.3 Å². The molecule has 2 aromatic rings. The summed E-state index contributed by atoms with van der Waals surface area (Å²) in [5.74, 6) is 0.849. The number of hydrogen-bond donors (Lipinski definition) is 1. The Morgan fingerprint density at radius 2 is 2.24 bits per heavy atom. The van der Waals surface area contributed by atoms with Crippen LogP contribution in [0, 0.1) is 6.92 Å². The van der Waals surface area contributed by atoms with Crippen LogP contribution in [0.25, 0.3) is 0 Å². The molecule has 1 fully saturated rings. The van der Waals surface area contributed by atoms with E-state index in [0.717, 1.165) is 36.5 Å². The third-order valence-electron chi connectivity index (χ3n) is 3.73. The van der Waals surface area contributed by atoms with Gasteiger partial charge < -0.3 is 9.72 Å². The molecule has 3 rings (SSSR count). The molecular weight excluding hydrogens is 266 g/mol. The van der Waals surface area contributed by atoms with E-state index in [-0.39, 0.29) is 12.1 Å². The second kappa shape index (κ2) is 5.99. The Labute approximate surface area is 124 Å². The maximum absolute atomic E-state index is 12.3. The predicted octanol–water partition coefficient (Wildman–Crippen LogP) is 3.19. The summed E-state index contributed by atoms with van der Waals surface area (Å²) in [6.45, 7) is 2.96. The summed E-state index contributed by atoms with van der Waals surface area (Å²) in [6, 6.07) is 9.72. The third kappa shape index (κ3) is 3.07. The summed E-state index contributed by atoms with van der Waals surface area (Å²) in [5, 5.41) is 0. The number of ether oxygens (including phenoxy) is 1. The van der Waals surface area contributed by atoms with Gasteiger partial charge in [-0.2, -0.15) is 0 Å². The van der Waals surface area contributed by atoms with Crippen molar-refractivity contribution in [2.24, 2.45) is 0 Å². The average Bonchev–Trinajstić information content (AvgIpc) is 3.14. The Bertz CT molecular complexity index is 609. The van der Waals surface area contributed by atoms with Crippen LogP contribution in [-0.4, -0.2) is 27.5 Å². The Morgan fingerprint density at radius 1 is 1.43 bits per heavy atom. The summed E-state index contributed by atoms with van der Waals surface area (Å²) >= 11 is 0. The number of benzene rings is 1. The zero-order valence-corrected chi connectivity index (χ0v) is 12.1. The van der Waals surface area contributed by atoms with E-state index < -0.39 is 0 Å². The van der Waals surface area contributed by atoms with Gasteiger partial charge >= 0.3 is 6.09 Å². The minimum Gasteiger partial charge on any atom is -0.445 e. The van der Waals surface area contributed by atoms with E-state index in [2.05, 4.69) is 9.97 Å². The van der Waals surface area contributed by atoms with E-state index in [9.17, 15) is 4.79 Å². The van der Waals surface area contributed by atoms with E-state index in [0.29, 0.717) is 6.61 Å². The van der Waals surface area contributed by atoms with Gasteiger partial charge in [0.2, 0.25) is 0 Å². The first-order chi connectivity index (χ1) is 10.2. The van der Waals surface area contributed by atoms with E-state index in [1.807, 2.05) is 43.5 Å². The topological polar surface area (TPSA) is 58.2 Å². The van der Waals surface area contributed by atoms with Crippen molar-refractivity contribution >= 4 is 6.09 Å². The first kappa shape index (κ1) is 13.7. The summed E-state index contributed by atoms with van der Waals surface area (Å²) in [6.07, 6.45) is 3.50. The molecular formula is C16H19N3O2. The molecule has 1 aliphatic heterocycles. The van der Waals surface area contributed by atoms with Crippen molar-refractivity contribution in [2.45, 2.75) is 32.4 Å². The third-order valence-corrected chi connectivity index (χ3v) is 3.73. The first-order valence-corrected chi connectivity index (χ1v) is 7.23. The van der Waals surface area contributed by atoms with Crippen LogP contribution in [0.2, 0.25) is 0 Å². The van der Waals surface area contributed by atoms with Crippen LogP contribution in [0.3, 0.4) is 0 Å². The lowest BCUT2D eigenvalue weighted by Crippen LogP contribution is -2.31. The number of carbonyl (C=O) groups is 1. The lowest BCUT2D eigenvalue weighted by Gasteiger charge is -2.22. The molecule has 1 aromatic heterocycles. The van der Waals surface area contributed by atoms with Gasteiger partial charge in [0, 0.05) is 12.7 Å². The smallest absolute Gasteiger partial charge is 0.410 e. The molecule has 0 aliphatic carbocycles. The highest BCUT2D eigenvalue weighted by atomic mass is 16.6. The van der Waals surface area contributed by atoms with Crippen molar-refractivity contribution in [1.82, 2.24) is 14.9 Å². The molecule has 0 radical (unpaired) electrons. The fraction of sp³-hybridized carbons (Fsp3) is 0.375. The number of aromatic nitrogens is 2. The van der Waals surface area contributed by atoms with Crippen molar-refractivity contribution in [2.75, 3.05) is 6.54 Å². The molecule has 1 unspecified atom stereocenters. The van der Waals surface area contributed by atoms with Crippen LogP contribution in [0.5, 0.6) is 0 Å². The molecule has 1 amide bonds. The Kier molecular flexibility index (Phi) is 3.90. The molecule has 2 heterocycles. The second-order valence-corrected chi connectivity index (χ2v) is 5.32. The number of rotatable bonds is 3. The Balaban J connectivity index is 1.63. The Morgan fingerprint density at radius 3 is 2.95 bits per heavy atom. The number of amides is 1. The molecule has 0 spiro atoms. The molecule has 1 saturated heterocycles. The fourth-order valence-corrected chi connectivity index (χ4v) is 2.68. The predicted molar refractivity (Wildman–Crippen MR) is 78.6 cm³/mol. The number of aryl methyl sites for hydroxylation is 1. The maximum Gasteiger partial charge on any atom is 0.410 e. The van der Waals surface area contributed by atoms with Crippen LogP contribution < -0.4 is 0 Å². The van der Waals surface area contributed by atoms with Gasteiger partial charge in [-0.3, -0.25) is 4.90 Å². The van der Waals surface area contributed by atoms with E-state index in [1.54, 1.807) is 4.90 Å². The largest absolute Gasteiger partial charge is 0.445 e. The van der Waals surface area contributed by atoms with Gasteiger partial charge in [-0.25, -0.2) is 9.78 Å². The first-order valence-electron chi connectivity index (χ1n) is 7.23. The van der Waals surface area contributed by atoms with Gasteiger partial charge in [0.25, 0.3) is 0 Å². The lowest BCUT2D eigenvalue weighted by atomic mass is 10.2. The lowest BCUT2D eigenvalue weighted by molar-refractivity contribution is 0.0909. The van der Waals surface area contributed by atoms with E-state index >= 15 is 0 Å². The monoisotopic (exact) mass is 285 g/mol. The highest BCUT2D eigenvalue weighted by molar-refractivity contribution is 5.68. The molecule has 1 aromatic carbocycles. The zero-order chi connectivity index (χ0) is 14.7. The number of hydrogen-bond acceptors (Lipinski definition) is 3. The van der Waals surface area contributed by atoms with Gasteiger partial charge in [-0.05, 0) is 25.3 Å². The molecule has 110 valence electrons. The second-order valence-electron chi connectivity index (χ2n) is 5.32. The van der Waals surface area contributed by atoms with E-state index in [1.165, 1.54) is 0 Å². The van der Waals surface area contributed by atoms with Crippen molar-refractivity contribution in [3.05, 3.63) is 53.6 Å². The summed E-state index contributed by atoms with van der Waals surface area (Å²) in [5.41, 5.74) is 1.94. The highest BCUT2D eigenvalue weighted by Gasteiger charge is 2.32. The number of nitrogens with zero attached hydrogens (tertiary/aromatic N) is 2. The summed E-state index contributed by atoms with van der Waals surface area (Å²) < 4.78 is 5.42. The number of aromatic amines is 1. The molecule has 1 atom stereocenters.